The molecule has 0 fully saturated rings. The molecule has 2 rings (SSSR count). The van der Waals surface area contributed by atoms with E-state index in [4.69, 9.17) is 0 Å². The fourth-order valence-electron chi connectivity index (χ4n) is 2.48. The van der Waals surface area contributed by atoms with Crippen molar-refractivity contribution in [2.45, 2.75) is 39.7 Å². The lowest BCUT2D eigenvalue weighted by atomic mass is 9.95. The Kier molecular flexibility index (Phi) is 4.13. The fourth-order valence-corrected chi connectivity index (χ4v) is 2.48. The average molecular weight is 243 g/mol. The van der Waals surface area contributed by atoms with E-state index in [2.05, 4.69) is 42.4 Å². The van der Waals surface area contributed by atoms with Crippen molar-refractivity contribution < 1.29 is 0 Å². The lowest BCUT2D eigenvalue weighted by Crippen LogP contribution is -2.25. The lowest BCUT2D eigenvalue weighted by molar-refractivity contribution is 0.438. The third kappa shape index (κ3) is 2.61. The van der Waals surface area contributed by atoms with Crippen molar-refractivity contribution in [3.05, 3.63) is 30.5 Å². The van der Waals surface area contributed by atoms with Gasteiger partial charge in [0.2, 0.25) is 0 Å². The highest BCUT2D eigenvalue weighted by atomic mass is 15.1. The second kappa shape index (κ2) is 5.80. The van der Waals surface area contributed by atoms with Gasteiger partial charge in [-0.15, -0.1) is 0 Å². The Bertz CT molecular complexity index is 501. The molecular formula is C15H21N3. The molecule has 1 heterocycles. The highest BCUT2D eigenvalue weighted by Gasteiger charge is 2.14. The van der Waals surface area contributed by atoms with Crippen molar-refractivity contribution in [3.63, 3.8) is 0 Å². The van der Waals surface area contributed by atoms with Gasteiger partial charge >= 0.3 is 0 Å². The molecule has 1 atom stereocenters. The predicted molar refractivity (Wildman–Crippen MR) is 76.7 cm³/mol. The second-order valence-corrected chi connectivity index (χ2v) is 4.78. The van der Waals surface area contributed by atoms with Gasteiger partial charge in [-0.25, -0.2) is 0 Å². The summed E-state index contributed by atoms with van der Waals surface area (Å²) in [7, 11) is 0. The normalized spacial score (nSPS) is 12.9. The molecule has 1 N–H and O–H groups in total. The van der Waals surface area contributed by atoms with Crippen LogP contribution in [-0.2, 0) is 0 Å². The van der Waals surface area contributed by atoms with E-state index in [1.54, 1.807) is 0 Å². The molecule has 96 valence electrons. The molecule has 3 heteroatoms. The molecule has 0 saturated heterocycles. The van der Waals surface area contributed by atoms with Crippen LogP contribution in [0.2, 0.25) is 0 Å². The van der Waals surface area contributed by atoms with Crippen LogP contribution in [0.5, 0.6) is 0 Å². The van der Waals surface area contributed by atoms with Crippen molar-refractivity contribution in [3.8, 4) is 0 Å². The number of benzene rings is 1. The van der Waals surface area contributed by atoms with Crippen LogP contribution in [-0.4, -0.2) is 16.2 Å². The minimum Gasteiger partial charge on any atom is -0.380 e. The summed E-state index contributed by atoms with van der Waals surface area (Å²) in [5, 5.41) is 12.9. The van der Waals surface area contributed by atoms with Crippen LogP contribution < -0.4 is 5.32 Å². The molecule has 1 aromatic carbocycles. The molecule has 0 saturated carbocycles. The highest BCUT2D eigenvalue weighted by Crippen LogP contribution is 2.23. The largest absolute Gasteiger partial charge is 0.380 e. The molecule has 0 spiro atoms. The Labute approximate surface area is 109 Å². The minimum absolute atomic E-state index is 0.451. The van der Waals surface area contributed by atoms with Crippen molar-refractivity contribution >= 4 is 16.6 Å². The molecular weight excluding hydrogens is 222 g/mol. The van der Waals surface area contributed by atoms with Crippen LogP contribution in [0.3, 0.4) is 0 Å². The van der Waals surface area contributed by atoms with Crippen LogP contribution >= 0.6 is 0 Å². The maximum absolute atomic E-state index is 4.14. The van der Waals surface area contributed by atoms with Gasteiger partial charge in [0.1, 0.15) is 0 Å². The van der Waals surface area contributed by atoms with Gasteiger partial charge in [0.15, 0.2) is 0 Å². The fraction of sp³-hybridized carbons (Fsp3) is 0.467. The van der Waals surface area contributed by atoms with E-state index in [-0.39, 0.29) is 0 Å². The van der Waals surface area contributed by atoms with E-state index in [0.717, 1.165) is 16.6 Å². The summed E-state index contributed by atoms with van der Waals surface area (Å²) >= 11 is 0. The number of rotatable bonds is 5. The highest BCUT2D eigenvalue weighted by molar-refractivity contribution is 5.90. The van der Waals surface area contributed by atoms with Gasteiger partial charge in [0, 0.05) is 11.4 Å². The Morgan fingerprint density at radius 2 is 1.89 bits per heavy atom. The van der Waals surface area contributed by atoms with E-state index in [1.165, 1.54) is 12.8 Å². The smallest absolute Gasteiger partial charge is 0.0950 e. The first-order chi connectivity index (χ1) is 8.76. The van der Waals surface area contributed by atoms with Crippen LogP contribution in [0.4, 0.5) is 5.69 Å². The summed E-state index contributed by atoms with van der Waals surface area (Å²) in [5.41, 5.74) is 2.03. The Morgan fingerprint density at radius 1 is 1.17 bits per heavy atom. The van der Waals surface area contributed by atoms with Crippen LogP contribution in [0.1, 0.15) is 33.6 Å². The Balaban J connectivity index is 2.26. The number of nitrogens with zero attached hydrogens (tertiary/aromatic N) is 2. The van der Waals surface area contributed by atoms with Crippen molar-refractivity contribution in [2.24, 2.45) is 5.92 Å². The number of fused-ring (bicyclic) bond motifs is 1. The summed E-state index contributed by atoms with van der Waals surface area (Å²) in [6.45, 7) is 6.73. The van der Waals surface area contributed by atoms with Gasteiger partial charge in [-0.2, -0.15) is 10.2 Å². The van der Waals surface area contributed by atoms with Gasteiger partial charge in [-0.05, 0) is 18.9 Å². The Hall–Kier alpha value is -1.64. The maximum atomic E-state index is 4.14. The number of hydrogen-bond acceptors (Lipinski definition) is 3. The van der Waals surface area contributed by atoms with E-state index in [1.807, 2.05) is 24.4 Å². The number of aromatic nitrogens is 2. The maximum Gasteiger partial charge on any atom is 0.0950 e. The van der Waals surface area contributed by atoms with E-state index in [9.17, 15) is 0 Å². The summed E-state index contributed by atoms with van der Waals surface area (Å²) in [4.78, 5) is 0. The molecule has 0 aliphatic carbocycles. The molecule has 0 aliphatic rings. The van der Waals surface area contributed by atoms with Gasteiger partial charge in [-0.1, -0.05) is 44.9 Å². The molecule has 1 unspecified atom stereocenters. The second-order valence-electron chi connectivity index (χ2n) is 4.78. The van der Waals surface area contributed by atoms with Crippen LogP contribution in [0, 0.1) is 5.92 Å². The molecule has 18 heavy (non-hydrogen) atoms. The topological polar surface area (TPSA) is 37.8 Å². The number of anilines is 1. The van der Waals surface area contributed by atoms with Gasteiger partial charge in [0.05, 0.1) is 17.4 Å². The first kappa shape index (κ1) is 12.8. The number of nitrogens with one attached hydrogen (secondary N) is 1. The zero-order valence-corrected chi connectivity index (χ0v) is 11.4. The standard InChI is InChI=1S/C15H21N3/c1-4-12(5-2)11(3)17-15-10-16-18-14-9-7-6-8-13(14)15/h6-12H,4-5H2,1-3H3,(H,17,18). The quantitative estimate of drug-likeness (QED) is 0.866. The van der Waals surface area contributed by atoms with Crippen molar-refractivity contribution in [2.75, 3.05) is 5.32 Å². The first-order valence-corrected chi connectivity index (χ1v) is 6.73. The van der Waals surface area contributed by atoms with Gasteiger partial charge in [0.25, 0.3) is 0 Å². The molecule has 1 aromatic heterocycles. The predicted octanol–water partition coefficient (Wildman–Crippen LogP) is 3.87. The third-order valence-corrected chi connectivity index (χ3v) is 3.69. The monoisotopic (exact) mass is 243 g/mol. The summed E-state index contributed by atoms with van der Waals surface area (Å²) in [6, 6.07) is 8.57. The first-order valence-electron chi connectivity index (χ1n) is 6.73. The van der Waals surface area contributed by atoms with Gasteiger partial charge in [-0.3, -0.25) is 0 Å². The molecule has 2 aromatic rings. The van der Waals surface area contributed by atoms with E-state index in [0.29, 0.717) is 12.0 Å². The van der Waals surface area contributed by atoms with Crippen molar-refractivity contribution in [1.82, 2.24) is 10.2 Å². The third-order valence-electron chi connectivity index (χ3n) is 3.69. The van der Waals surface area contributed by atoms with Gasteiger partial charge < -0.3 is 5.32 Å². The number of hydrogen-bond donors (Lipinski definition) is 1. The summed E-state index contributed by atoms with van der Waals surface area (Å²) < 4.78 is 0. The molecule has 0 aliphatic heterocycles. The summed E-state index contributed by atoms with van der Waals surface area (Å²) in [5.74, 6) is 0.692. The minimum atomic E-state index is 0.451. The van der Waals surface area contributed by atoms with Crippen LogP contribution in [0.25, 0.3) is 10.9 Å². The van der Waals surface area contributed by atoms with Crippen LogP contribution in [0.15, 0.2) is 30.5 Å². The molecule has 3 nitrogen and oxygen atoms in total. The Morgan fingerprint density at radius 3 is 2.61 bits per heavy atom. The molecule has 0 amide bonds. The zero-order valence-electron chi connectivity index (χ0n) is 11.4. The molecule has 0 radical (unpaired) electrons. The molecule has 0 bridgehead atoms. The average Bonchev–Trinajstić information content (AvgIpc) is 2.40. The zero-order chi connectivity index (χ0) is 13.0. The van der Waals surface area contributed by atoms with E-state index >= 15 is 0 Å². The SMILES string of the molecule is CCC(CC)C(C)Nc1cnnc2ccccc12. The lowest BCUT2D eigenvalue weighted by Gasteiger charge is -2.23. The van der Waals surface area contributed by atoms with Crippen molar-refractivity contribution in [1.29, 1.82) is 0 Å². The summed E-state index contributed by atoms with van der Waals surface area (Å²) in [6.07, 6.45) is 4.21. The van der Waals surface area contributed by atoms with E-state index < -0.39 is 0 Å².